The van der Waals surface area contributed by atoms with E-state index in [-0.39, 0.29) is 16.8 Å². The van der Waals surface area contributed by atoms with Crippen LogP contribution in [0.15, 0.2) is 36.4 Å². The summed E-state index contributed by atoms with van der Waals surface area (Å²) >= 11 is 0. The van der Waals surface area contributed by atoms with E-state index in [0.717, 1.165) is 17.7 Å². The van der Waals surface area contributed by atoms with Gasteiger partial charge in [-0.05, 0) is 37.3 Å². The van der Waals surface area contributed by atoms with E-state index in [9.17, 15) is 18.4 Å². The van der Waals surface area contributed by atoms with Crippen molar-refractivity contribution >= 4 is 17.5 Å². The van der Waals surface area contributed by atoms with Crippen molar-refractivity contribution < 1.29 is 18.4 Å². The predicted octanol–water partition coefficient (Wildman–Crippen LogP) is 2.62. The van der Waals surface area contributed by atoms with Crippen molar-refractivity contribution in [1.29, 1.82) is 0 Å². The predicted molar refractivity (Wildman–Crippen MR) is 74.0 cm³/mol. The van der Waals surface area contributed by atoms with Crippen molar-refractivity contribution in [2.45, 2.75) is 6.92 Å². The smallest absolute Gasteiger partial charge is 0.258 e. The highest BCUT2D eigenvalue weighted by Gasteiger charge is 2.14. The van der Waals surface area contributed by atoms with E-state index in [1.807, 2.05) is 0 Å². The second-order valence-corrected chi connectivity index (χ2v) is 4.50. The van der Waals surface area contributed by atoms with Crippen molar-refractivity contribution in [2.75, 3.05) is 5.32 Å². The van der Waals surface area contributed by atoms with Crippen molar-refractivity contribution in [3.63, 3.8) is 0 Å². The molecule has 0 saturated heterocycles. The third-order valence-electron chi connectivity index (χ3n) is 2.86. The van der Waals surface area contributed by atoms with Crippen LogP contribution in [-0.4, -0.2) is 11.8 Å². The summed E-state index contributed by atoms with van der Waals surface area (Å²) in [7, 11) is 0. The number of halogens is 2. The van der Waals surface area contributed by atoms with E-state index < -0.39 is 23.4 Å². The molecule has 3 N–H and O–H groups in total. The van der Waals surface area contributed by atoms with Gasteiger partial charge in [0, 0.05) is 5.69 Å². The lowest BCUT2D eigenvalue weighted by Gasteiger charge is -2.08. The zero-order valence-corrected chi connectivity index (χ0v) is 11.1. The third-order valence-corrected chi connectivity index (χ3v) is 2.86. The topological polar surface area (TPSA) is 72.2 Å². The van der Waals surface area contributed by atoms with E-state index in [1.54, 1.807) is 6.92 Å². The standard InChI is InChI=1S/C15H12F2N2O2/c1-8-2-4-13(17)11(6-8)15(21)19-9-3-5-12(16)10(7-9)14(18)20/h2-7H,1H3,(H2,18,20)(H,19,21). The molecule has 0 saturated carbocycles. The Labute approximate surface area is 119 Å². The summed E-state index contributed by atoms with van der Waals surface area (Å²) < 4.78 is 26.9. The van der Waals surface area contributed by atoms with Crippen LogP contribution in [0.25, 0.3) is 0 Å². The van der Waals surface area contributed by atoms with Crippen LogP contribution in [0, 0.1) is 18.6 Å². The fourth-order valence-electron chi connectivity index (χ4n) is 1.80. The van der Waals surface area contributed by atoms with Crippen LogP contribution in [-0.2, 0) is 0 Å². The van der Waals surface area contributed by atoms with Crippen molar-refractivity contribution in [3.8, 4) is 0 Å². The summed E-state index contributed by atoms with van der Waals surface area (Å²) in [6, 6.07) is 7.47. The molecule has 0 aliphatic carbocycles. The largest absolute Gasteiger partial charge is 0.366 e. The number of aryl methyl sites for hydroxylation is 1. The number of nitrogens with two attached hydrogens (primary N) is 1. The van der Waals surface area contributed by atoms with Gasteiger partial charge in [0.1, 0.15) is 11.6 Å². The van der Waals surface area contributed by atoms with Gasteiger partial charge in [0.2, 0.25) is 0 Å². The fourth-order valence-corrected chi connectivity index (χ4v) is 1.80. The minimum atomic E-state index is -0.953. The number of hydrogen-bond donors (Lipinski definition) is 2. The lowest BCUT2D eigenvalue weighted by atomic mass is 10.1. The summed E-state index contributed by atoms with van der Waals surface area (Å²) in [5.74, 6) is -3.11. The molecule has 2 amide bonds. The molecular weight excluding hydrogens is 278 g/mol. The third kappa shape index (κ3) is 3.22. The number of nitrogens with one attached hydrogen (secondary N) is 1. The summed E-state index contributed by atoms with van der Waals surface area (Å²) in [5.41, 5.74) is 5.40. The van der Waals surface area contributed by atoms with Crippen LogP contribution < -0.4 is 11.1 Å². The Morgan fingerprint density at radius 1 is 1.00 bits per heavy atom. The van der Waals surface area contributed by atoms with E-state index in [1.165, 1.54) is 24.3 Å². The zero-order chi connectivity index (χ0) is 15.6. The fraction of sp³-hybridized carbons (Fsp3) is 0.0667. The SMILES string of the molecule is Cc1ccc(F)c(C(=O)Nc2ccc(F)c(C(N)=O)c2)c1. The normalized spacial score (nSPS) is 10.2. The number of hydrogen-bond acceptors (Lipinski definition) is 2. The lowest BCUT2D eigenvalue weighted by Crippen LogP contribution is -2.16. The first-order valence-corrected chi connectivity index (χ1v) is 6.05. The van der Waals surface area contributed by atoms with Crippen LogP contribution in [0.1, 0.15) is 26.3 Å². The molecule has 4 nitrogen and oxygen atoms in total. The average Bonchev–Trinajstić information content (AvgIpc) is 2.43. The molecule has 0 bridgehead atoms. The Hall–Kier alpha value is -2.76. The first-order valence-electron chi connectivity index (χ1n) is 6.05. The Balaban J connectivity index is 2.29. The van der Waals surface area contributed by atoms with Gasteiger partial charge < -0.3 is 11.1 Å². The molecule has 108 valence electrons. The van der Waals surface area contributed by atoms with Crippen molar-refractivity contribution in [2.24, 2.45) is 5.73 Å². The molecule has 6 heteroatoms. The van der Waals surface area contributed by atoms with Gasteiger partial charge >= 0.3 is 0 Å². The van der Waals surface area contributed by atoms with Crippen molar-refractivity contribution in [1.82, 2.24) is 0 Å². The van der Waals surface area contributed by atoms with E-state index in [2.05, 4.69) is 5.32 Å². The minimum absolute atomic E-state index is 0.139. The molecule has 0 aromatic heterocycles. The number of anilines is 1. The summed E-state index contributed by atoms with van der Waals surface area (Å²) in [6.07, 6.45) is 0. The van der Waals surface area contributed by atoms with Gasteiger partial charge in [-0.2, -0.15) is 0 Å². The molecule has 0 aliphatic rings. The lowest BCUT2D eigenvalue weighted by molar-refractivity contribution is 0.0992. The van der Waals surface area contributed by atoms with E-state index in [0.29, 0.717) is 0 Å². The first-order chi connectivity index (χ1) is 9.88. The van der Waals surface area contributed by atoms with E-state index in [4.69, 9.17) is 5.73 Å². The maximum atomic E-state index is 13.6. The zero-order valence-electron chi connectivity index (χ0n) is 11.1. The minimum Gasteiger partial charge on any atom is -0.366 e. The number of benzene rings is 2. The van der Waals surface area contributed by atoms with Gasteiger partial charge in [-0.1, -0.05) is 11.6 Å². The number of amides is 2. The maximum Gasteiger partial charge on any atom is 0.258 e. The van der Waals surface area contributed by atoms with Crippen LogP contribution in [0.2, 0.25) is 0 Å². The van der Waals surface area contributed by atoms with Gasteiger partial charge in [0.05, 0.1) is 11.1 Å². The molecule has 2 aromatic rings. The Morgan fingerprint density at radius 2 is 1.62 bits per heavy atom. The Kier molecular flexibility index (Phi) is 3.98. The Morgan fingerprint density at radius 3 is 2.29 bits per heavy atom. The molecule has 0 radical (unpaired) electrons. The van der Waals surface area contributed by atoms with Crippen LogP contribution >= 0.6 is 0 Å². The summed E-state index contributed by atoms with van der Waals surface area (Å²) in [5, 5.41) is 2.40. The van der Waals surface area contributed by atoms with Gasteiger partial charge in [-0.15, -0.1) is 0 Å². The monoisotopic (exact) mass is 290 g/mol. The van der Waals surface area contributed by atoms with Gasteiger partial charge in [-0.25, -0.2) is 8.78 Å². The quantitative estimate of drug-likeness (QED) is 0.912. The molecule has 21 heavy (non-hydrogen) atoms. The average molecular weight is 290 g/mol. The molecule has 2 aromatic carbocycles. The second kappa shape index (κ2) is 5.70. The van der Waals surface area contributed by atoms with Gasteiger partial charge in [0.15, 0.2) is 0 Å². The summed E-state index contributed by atoms with van der Waals surface area (Å²) in [6.45, 7) is 1.72. The molecular formula is C15H12F2N2O2. The molecule has 0 atom stereocenters. The molecule has 2 rings (SSSR count). The van der Waals surface area contributed by atoms with Crippen LogP contribution in [0.4, 0.5) is 14.5 Å². The number of carbonyl (C=O) groups is 2. The Bertz CT molecular complexity index is 730. The highest BCUT2D eigenvalue weighted by Crippen LogP contribution is 2.17. The molecule has 0 unspecified atom stereocenters. The summed E-state index contributed by atoms with van der Waals surface area (Å²) in [4.78, 5) is 23.0. The van der Waals surface area contributed by atoms with Crippen LogP contribution in [0.3, 0.4) is 0 Å². The second-order valence-electron chi connectivity index (χ2n) is 4.50. The number of primary amides is 1. The van der Waals surface area contributed by atoms with Gasteiger partial charge in [-0.3, -0.25) is 9.59 Å². The molecule has 0 heterocycles. The first kappa shape index (κ1) is 14.6. The molecule has 0 aliphatic heterocycles. The number of carbonyl (C=O) groups excluding carboxylic acids is 2. The maximum absolute atomic E-state index is 13.6. The van der Waals surface area contributed by atoms with Gasteiger partial charge in [0.25, 0.3) is 11.8 Å². The van der Waals surface area contributed by atoms with Crippen LogP contribution in [0.5, 0.6) is 0 Å². The van der Waals surface area contributed by atoms with E-state index >= 15 is 0 Å². The number of rotatable bonds is 3. The molecule has 0 fully saturated rings. The highest BCUT2D eigenvalue weighted by molar-refractivity contribution is 6.05. The van der Waals surface area contributed by atoms with Crippen molar-refractivity contribution in [3.05, 3.63) is 64.7 Å². The molecule has 0 spiro atoms. The highest BCUT2D eigenvalue weighted by atomic mass is 19.1.